The van der Waals surface area contributed by atoms with Crippen LogP contribution >= 0.6 is 0 Å². The fraction of sp³-hybridized carbons (Fsp3) is 1.00. The highest BCUT2D eigenvalue weighted by atomic mass is 32.2. The largest absolute Gasteiger partial charge is 0.460 e. The number of hydrogen-bond donors (Lipinski definition) is 1. The summed E-state index contributed by atoms with van der Waals surface area (Å²) in [5.41, 5.74) is 0. The second kappa shape index (κ2) is 19.7. The summed E-state index contributed by atoms with van der Waals surface area (Å²) in [6, 6.07) is 0. The van der Waals surface area contributed by atoms with Crippen LogP contribution in [0.3, 0.4) is 0 Å². The van der Waals surface area contributed by atoms with Gasteiger partial charge in [-0.1, -0.05) is 44.6 Å². The van der Waals surface area contributed by atoms with E-state index >= 15 is 0 Å². The zero-order chi connectivity index (χ0) is 28.8. The molecule has 0 aliphatic heterocycles. The first-order valence-electron chi connectivity index (χ1n) is 7.06. The van der Waals surface area contributed by atoms with Crippen molar-refractivity contribution in [1.82, 2.24) is 0 Å². The Labute approximate surface area is 221 Å². The number of halogens is 17. The van der Waals surface area contributed by atoms with Gasteiger partial charge in [-0.3, -0.25) is 13.7 Å². The van der Waals surface area contributed by atoms with Gasteiger partial charge in [0.15, 0.2) is 6.67 Å². The summed E-state index contributed by atoms with van der Waals surface area (Å²) in [7, 11) is -6.87. The first-order chi connectivity index (χ1) is 14.5. The Balaban J connectivity index is -0.0000000868. The van der Waals surface area contributed by atoms with Crippen molar-refractivity contribution < 1.29 is 97.1 Å². The summed E-state index contributed by atoms with van der Waals surface area (Å²) < 4.78 is 236. The van der Waals surface area contributed by atoms with Gasteiger partial charge >= 0.3 is 45.8 Å². The lowest BCUT2D eigenvalue weighted by Gasteiger charge is -2.37. The standard InChI is InChI=1S/C7H3F13O5S.C3H5F3.CH3F.6CH4/c8-2(9,10)1-24-5(15,16)3(11,4(12,13)14)25-6(17,18)7(19,20)26(21,22)23;1-3(5,6)2-4;1-2;;;;;;/h1H2,(H,21,22,23);2H2,1H3;1H3;6*1H4. The first kappa shape index (κ1) is 62.3. The monoisotopic (exact) mass is 674 g/mol. The molecule has 0 aliphatic rings. The van der Waals surface area contributed by atoms with E-state index in [0.717, 1.165) is 0 Å². The fourth-order valence-corrected chi connectivity index (χ4v) is 1.28. The maximum atomic E-state index is 13.4. The molecule has 23 heteroatoms. The van der Waals surface area contributed by atoms with Gasteiger partial charge in [0, 0.05) is 6.92 Å². The minimum absolute atomic E-state index is 0. The van der Waals surface area contributed by atoms with Crippen molar-refractivity contribution in [3.8, 4) is 0 Å². The second-order valence-electron chi connectivity index (χ2n) is 5.33. The fourth-order valence-electron chi connectivity index (χ4n) is 0.934. The molecule has 0 aromatic heterocycles. The van der Waals surface area contributed by atoms with Crippen LogP contribution in [0.25, 0.3) is 0 Å². The third-order valence-electron chi connectivity index (χ3n) is 2.32. The average molecular weight is 674 g/mol. The number of alkyl halides is 17. The molecular formula is C17H35F17O5S. The molecule has 0 rings (SSSR count). The molecule has 5 nitrogen and oxygen atoms in total. The van der Waals surface area contributed by atoms with Crippen LogP contribution in [-0.4, -0.2) is 75.0 Å². The molecule has 0 saturated carbocycles. The molecule has 1 atom stereocenters. The molecule has 0 aliphatic carbocycles. The highest BCUT2D eigenvalue weighted by Crippen LogP contribution is 2.52. The Bertz CT molecular complexity index is 719. The predicted octanol–water partition coefficient (Wildman–Crippen LogP) is 9.49. The topological polar surface area (TPSA) is 72.8 Å². The van der Waals surface area contributed by atoms with Crippen LogP contribution in [0, 0.1) is 0 Å². The van der Waals surface area contributed by atoms with E-state index in [-0.39, 0.29) is 44.6 Å². The minimum atomic E-state index is -7.46. The van der Waals surface area contributed by atoms with E-state index < -0.39 is 65.0 Å². The summed E-state index contributed by atoms with van der Waals surface area (Å²) in [6.45, 7) is -4.41. The van der Waals surface area contributed by atoms with Gasteiger partial charge in [-0.25, -0.2) is 13.2 Å². The van der Waals surface area contributed by atoms with Gasteiger partial charge in [0.2, 0.25) is 0 Å². The van der Waals surface area contributed by atoms with Crippen LogP contribution in [-0.2, 0) is 19.6 Å². The molecule has 0 amide bonds. The molecule has 0 saturated heterocycles. The zero-order valence-corrected chi connectivity index (χ0v) is 16.6. The van der Waals surface area contributed by atoms with Gasteiger partial charge in [0.1, 0.15) is 6.61 Å². The molecule has 258 valence electrons. The molecule has 0 aromatic carbocycles. The van der Waals surface area contributed by atoms with E-state index in [2.05, 4.69) is 4.74 Å². The van der Waals surface area contributed by atoms with Gasteiger partial charge in [-0.15, -0.1) is 0 Å². The summed E-state index contributed by atoms with van der Waals surface area (Å²) in [5.74, 6) is -10.5. The minimum Gasteiger partial charge on any atom is -0.306 e. The summed E-state index contributed by atoms with van der Waals surface area (Å²) in [5, 5.41) is -7.12. The van der Waals surface area contributed by atoms with Crippen molar-refractivity contribution in [2.24, 2.45) is 0 Å². The van der Waals surface area contributed by atoms with Gasteiger partial charge in [0.05, 0.1) is 7.18 Å². The molecule has 0 fully saturated rings. The number of hydrogen-bond acceptors (Lipinski definition) is 4. The third-order valence-corrected chi connectivity index (χ3v) is 3.21. The smallest absolute Gasteiger partial charge is 0.306 e. The van der Waals surface area contributed by atoms with Gasteiger partial charge in [-0.2, -0.15) is 65.5 Å². The normalized spacial score (nSPS) is 13.6. The highest BCUT2D eigenvalue weighted by molar-refractivity contribution is 7.86. The first-order valence-corrected chi connectivity index (χ1v) is 8.50. The van der Waals surface area contributed by atoms with Crippen molar-refractivity contribution in [2.75, 3.05) is 20.5 Å². The lowest BCUT2D eigenvalue weighted by atomic mass is 10.2. The maximum absolute atomic E-state index is 13.4. The Kier molecular flexibility index (Phi) is 30.7. The molecule has 1 unspecified atom stereocenters. The molecule has 0 aromatic rings. The maximum Gasteiger partial charge on any atom is 0.460 e. The van der Waals surface area contributed by atoms with Gasteiger partial charge in [-0.05, 0) is 0 Å². The van der Waals surface area contributed by atoms with E-state index in [4.69, 9.17) is 4.55 Å². The van der Waals surface area contributed by atoms with Crippen molar-refractivity contribution in [2.45, 2.75) is 93.1 Å². The molecule has 0 radical (unpaired) electrons. The Morgan fingerprint density at radius 1 is 0.650 bits per heavy atom. The molecule has 40 heavy (non-hydrogen) atoms. The van der Waals surface area contributed by atoms with Crippen molar-refractivity contribution in [1.29, 1.82) is 0 Å². The predicted molar refractivity (Wildman–Crippen MR) is 113 cm³/mol. The van der Waals surface area contributed by atoms with E-state index in [1.807, 2.05) is 0 Å². The SMILES string of the molecule is C.C.C.C.C.C.CC(F)(F)CF.CF.O=S(=O)(O)C(F)(F)C(F)(F)OC(F)(C(F)(F)F)C(F)(F)OCC(F)(F)F. The van der Waals surface area contributed by atoms with Crippen molar-refractivity contribution >= 4 is 10.1 Å². The Morgan fingerprint density at radius 2 is 0.925 bits per heavy atom. The Morgan fingerprint density at radius 3 is 1.10 bits per heavy atom. The van der Waals surface area contributed by atoms with Gasteiger partial charge < -0.3 is 4.74 Å². The zero-order valence-electron chi connectivity index (χ0n) is 15.8. The number of ether oxygens (including phenoxy) is 2. The highest BCUT2D eigenvalue weighted by Gasteiger charge is 2.81. The van der Waals surface area contributed by atoms with E-state index in [1.54, 1.807) is 4.74 Å². The van der Waals surface area contributed by atoms with Crippen LogP contribution in [0.4, 0.5) is 74.6 Å². The van der Waals surface area contributed by atoms with Crippen LogP contribution < -0.4 is 0 Å². The number of rotatable bonds is 8. The summed E-state index contributed by atoms with van der Waals surface area (Å²) >= 11 is 0. The van der Waals surface area contributed by atoms with Crippen LogP contribution in [0.1, 0.15) is 51.5 Å². The molecule has 1 N–H and O–H groups in total. The van der Waals surface area contributed by atoms with E-state index in [1.165, 1.54) is 0 Å². The lowest BCUT2D eigenvalue weighted by Crippen LogP contribution is -2.64. The molecular weight excluding hydrogens is 639 g/mol. The van der Waals surface area contributed by atoms with E-state index in [9.17, 15) is 83.1 Å². The van der Waals surface area contributed by atoms with Crippen LogP contribution in [0.5, 0.6) is 0 Å². The van der Waals surface area contributed by atoms with Gasteiger partial charge in [0.25, 0.3) is 5.92 Å². The van der Waals surface area contributed by atoms with Crippen LogP contribution in [0.2, 0.25) is 0 Å². The summed E-state index contributed by atoms with van der Waals surface area (Å²) in [4.78, 5) is 0. The third kappa shape index (κ3) is 18.1. The Hall–Kier alpha value is -1.36. The molecule has 0 bridgehead atoms. The summed E-state index contributed by atoms with van der Waals surface area (Å²) in [6.07, 6.45) is -27.7. The van der Waals surface area contributed by atoms with Crippen LogP contribution in [0.15, 0.2) is 0 Å². The van der Waals surface area contributed by atoms with Crippen molar-refractivity contribution in [3.05, 3.63) is 0 Å². The second-order valence-corrected chi connectivity index (χ2v) is 6.79. The molecule has 0 heterocycles. The quantitative estimate of drug-likeness (QED) is 0.205. The lowest BCUT2D eigenvalue weighted by molar-refractivity contribution is -0.516. The average Bonchev–Trinajstić information content (AvgIpc) is 2.58. The van der Waals surface area contributed by atoms with Crippen molar-refractivity contribution in [3.63, 3.8) is 0 Å². The van der Waals surface area contributed by atoms with E-state index in [0.29, 0.717) is 14.1 Å². The molecule has 0 spiro atoms.